The Morgan fingerprint density at radius 1 is 0.338 bits per heavy atom. The molecule has 0 atom stereocenters. The summed E-state index contributed by atoms with van der Waals surface area (Å²) in [6, 6.07) is 25.3. The molecule has 0 spiro atoms. The number of benzene rings is 4. The summed E-state index contributed by atoms with van der Waals surface area (Å²) in [4.78, 5) is 0. The standard InChI is InChI=1S/4C11H12N2O2S2.3CH2Cl2.2Fe.O/c4*14-9-5-2-1-4-8(9)10(15)12-13-11-16-6-3-7-17-11;3*2-1-3;;;/h4*1-2,4-5,14H,3,6-7H2,(H,12,15);3*1H2;;;/q;;;;;;;2*+3;-2/p-4. The van der Waals surface area contributed by atoms with Crippen molar-refractivity contribution in [2.75, 3.05) is 62.0 Å². The maximum atomic E-state index is 11.7. The minimum absolute atomic E-state index is 0. The molecule has 0 aliphatic carbocycles. The molecule has 17 nitrogen and oxygen atoms in total. The van der Waals surface area contributed by atoms with E-state index in [4.69, 9.17) is 69.6 Å². The zero-order valence-electron chi connectivity index (χ0n) is 41.5. The predicted molar refractivity (Wildman–Crippen MR) is 337 cm³/mol. The molecule has 4 aromatic carbocycles. The van der Waals surface area contributed by atoms with Gasteiger partial charge in [-0.3, -0.25) is 0 Å². The topological polar surface area (TPSA) is 301 Å². The molecule has 2 radical (unpaired) electrons. The molecule has 0 saturated carbocycles. The van der Waals surface area contributed by atoms with Crippen LogP contribution in [0, 0.1) is 0 Å². The molecule has 4 aliphatic heterocycles. The molecular formula is C47H50Cl6Fe2N8O9S8. The van der Waals surface area contributed by atoms with Crippen molar-refractivity contribution in [3.8, 4) is 23.0 Å². The quantitative estimate of drug-likeness (QED) is 0.0419. The van der Waals surface area contributed by atoms with E-state index in [1.54, 1.807) is 143 Å². The summed E-state index contributed by atoms with van der Waals surface area (Å²) in [5, 5.41) is 115. The van der Waals surface area contributed by atoms with Crippen molar-refractivity contribution in [1.82, 2.24) is 0 Å². The molecule has 0 unspecified atom stereocenters. The average molecular weight is 1450 g/mol. The first kappa shape index (κ1) is 80.2. The van der Waals surface area contributed by atoms with Crippen molar-refractivity contribution in [2.24, 2.45) is 40.8 Å². The summed E-state index contributed by atoms with van der Waals surface area (Å²) in [6.07, 6.45) is 4.62. The number of phenolic OH excluding ortho intramolecular Hbond substituents is 4. The second kappa shape index (κ2) is 51.6. The van der Waals surface area contributed by atoms with Crippen molar-refractivity contribution in [3.05, 3.63) is 119 Å². The number of nitrogens with zero attached hydrogens (tertiary/aromatic N) is 8. The van der Waals surface area contributed by atoms with Gasteiger partial charge in [-0.1, -0.05) is 167 Å². The van der Waals surface area contributed by atoms with Crippen molar-refractivity contribution in [1.29, 1.82) is 0 Å². The first-order chi connectivity index (χ1) is 37.3. The second-order valence-electron chi connectivity index (χ2n) is 13.7. The van der Waals surface area contributed by atoms with Crippen LogP contribution in [-0.4, -0.2) is 124 Å². The van der Waals surface area contributed by atoms with Gasteiger partial charge < -0.3 is 46.3 Å². The van der Waals surface area contributed by atoms with Crippen LogP contribution in [0.2, 0.25) is 0 Å². The van der Waals surface area contributed by atoms with E-state index >= 15 is 0 Å². The SMILES string of the molecule is ClCCl.ClCCl.ClCCl.[Fe+3].[Fe+3].[O-2].[O-]/C(=N\N=C1SCCCS1)c1ccccc1O.[O-]/C(=N\N=C1SCCCS1)c1ccccc1O.[O-]/C(=N\N=C1SCCCS1)c1ccccc1O.[O-]/C(=N\N=C1SCCCS1)c1ccccc1O. The van der Waals surface area contributed by atoms with Gasteiger partial charge in [-0.15, -0.1) is 90.0 Å². The summed E-state index contributed by atoms with van der Waals surface area (Å²) in [5.74, 6) is 5.86. The second-order valence-corrected chi connectivity index (χ2v) is 25.8. The Hall–Kier alpha value is -1.82. The molecule has 4 aromatic rings. The number of halogens is 6. The van der Waals surface area contributed by atoms with Gasteiger partial charge in [0.2, 0.25) is 0 Å². The van der Waals surface area contributed by atoms with Gasteiger partial charge in [0.05, 0.1) is 16.0 Å². The number of rotatable bonds is 8. The number of para-hydroxylation sites is 4. The molecule has 80 heavy (non-hydrogen) atoms. The van der Waals surface area contributed by atoms with Gasteiger partial charge in [0.15, 0.2) is 17.5 Å². The first-order valence-corrected chi connectivity index (χ1v) is 33.2. The molecule has 4 aliphatic rings. The fourth-order valence-corrected chi connectivity index (χ4v) is 13.6. The molecule has 0 aromatic heterocycles. The largest absolute Gasteiger partial charge is 3.00 e. The minimum atomic E-state index is -0.512. The molecule has 4 saturated heterocycles. The van der Waals surface area contributed by atoms with E-state index in [0.717, 1.165) is 89.2 Å². The summed E-state index contributed by atoms with van der Waals surface area (Å²) < 4.78 is 3.28. The Kier molecular flexibility index (Phi) is 51.7. The molecule has 33 heteroatoms. The van der Waals surface area contributed by atoms with Crippen LogP contribution in [0.15, 0.2) is 138 Å². The average Bonchev–Trinajstić information content (AvgIpc) is 3.45. The zero-order valence-corrected chi connectivity index (χ0v) is 54.8. The third-order valence-corrected chi connectivity index (χ3v) is 17.8. The maximum Gasteiger partial charge on any atom is 3.00 e. The van der Waals surface area contributed by atoms with E-state index in [1.807, 2.05) is 0 Å². The molecule has 438 valence electrons. The van der Waals surface area contributed by atoms with Crippen molar-refractivity contribution in [2.45, 2.75) is 25.7 Å². The van der Waals surface area contributed by atoms with Gasteiger partial charge in [0, 0.05) is 91.9 Å². The summed E-state index contributed by atoms with van der Waals surface area (Å²) >= 11 is 41.5. The van der Waals surface area contributed by atoms with Crippen LogP contribution >= 0.6 is 164 Å². The van der Waals surface area contributed by atoms with Crippen LogP contribution in [0.5, 0.6) is 23.0 Å². The van der Waals surface area contributed by atoms with Crippen molar-refractivity contribution in [3.63, 3.8) is 0 Å². The monoisotopic (exact) mass is 1450 g/mol. The molecule has 8 rings (SSSR count). The molecule has 0 bridgehead atoms. The summed E-state index contributed by atoms with van der Waals surface area (Å²) in [6.45, 7) is 0. The van der Waals surface area contributed by atoms with E-state index in [0.29, 0.717) is 0 Å². The molecular weight excluding hydrogens is 1400 g/mol. The van der Waals surface area contributed by atoms with Crippen LogP contribution in [0.4, 0.5) is 0 Å². The first-order valence-electron chi connectivity index (χ1n) is 22.2. The van der Waals surface area contributed by atoms with Gasteiger partial charge in [-0.2, -0.15) is 20.4 Å². The molecule has 4 fully saturated rings. The number of hydrogen-bond donors (Lipinski definition) is 4. The number of thioether (sulfide) groups is 8. The maximum absolute atomic E-state index is 11.7. The van der Waals surface area contributed by atoms with E-state index in [2.05, 4.69) is 40.8 Å². The zero-order chi connectivity index (χ0) is 56.5. The van der Waals surface area contributed by atoms with Crippen LogP contribution in [-0.2, 0) is 39.6 Å². The Morgan fingerprint density at radius 3 is 0.637 bits per heavy atom. The Bertz CT molecular complexity index is 2250. The van der Waals surface area contributed by atoms with Crippen LogP contribution in [0.25, 0.3) is 0 Å². The number of aromatic hydroxyl groups is 4. The van der Waals surface area contributed by atoms with Crippen LogP contribution < -0.4 is 20.4 Å². The van der Waals surface area contributed by atoms with E-state index in [-0.39, 0.29) is 101 Å². The van der Waals surface area contributed by atoms with Gasteiger partial charge >= 0.3 is 34.1 Å². The minimum Gasteiger partial charge on any atom is -2.00 e. The fourth-order valence-electron chi connectivity index (χ4n) is 5.09. The Labute approximate surface area is 550 Å². The van der Waals surface area contributed by atoms with Gasteiger partial charge in [0.1, 0.15) is 23.0 Å². The van der Waals surface area contributed by atoms with Crippen LogP contribution in [0.3, 0.4) is 0 Å². The van der Waals surface area contributed by atoms with Crippen molar-refractivity contribution >= 4 is 205 Å². The summed E-state index contributed by atoms with van der Waals surface area (Å²) in [5.41, 5.74) is 0.732. The fraction of sp³-hybridized carbons (Fsp3) is 0.319. The van der Waals surface area contributed by atoms with Gasteiger partial charge in [-0.05, 0) is 49.9 Å². The van der Waals surface area contributed by atoms with Crippen molar-refractivity contribution < 1.29 is 80.5 Å². The Morgan fingerprint density at radius 2 is 0.487 bits per heavy atom. The molecule has 0 amide bonds. The van der Waals surface area contributed by atoms with Gasteiger partial charge in [-0.25, -0.2) is 0 Å². The van der Waals surface area contributed by atoms with E-state index in [9.17, 15) is 40.9 Å². The predicted octanol–water partition coefficient (Wildman–Crippen LogP) is 10.7. The third-order valence-electron chi connectivity index (χ3n) is 8.39. The smallest absolute Gasteiger partial charge is 2.00 e. The third kappa shape index (κ3) is 35.5. The van der Waals surface area contributed by atoms with E-state index < -0.39 is 23.6 Å². The summed E-state index contributed by atoms with van der Waals surface area (Å²) in [7, 11) is 0. The van der Waals surface area contributed by atoms with Gasteiger partial charge in [0.25, 0.3) is 0 Å². The number of hydrogen-bond acceptors (Lipinski definition) is 24. The molecule has 4 heterocycles. The number of phenols is 4. The van der Waals surface area contributed by atoms with E-state index in [1.165, 1.54) is 48.5 Å². The van der Waals surface area contributed by atoms with Crippen LogP contribution in [0.1, 0.15) is 47.9 Å². The number of alkyl halides is 6. The Balaban J connectivity index is 0. The molecule has 4 N–H and O–H groups in total. The normalized spacial score (nSPS) is 15.1.